The van der Waals surface area contributed by atoms with Crippen LogP contribution in [-0.2, 0) is 20.7 Å². The van der Waals surface area contributed by atoms with Crippen molar-refractivity contribution in [3.8, 4) is 11.8 Å². The number of carbonyl (C=O) groups is 2. The van der Waals surface area contributed by atoms with Crippen molar-refractivity contribution in [3.63, 3.8) is 0 Å². The average Bonchev–Trinajstić information content (AvgIpc) is 3.05. The van der Waals surface area contributed by atoms with Gasteiger partial charge in [-0.2, -0.15) is 5.26 Å². The third-order valence-corrected chi connectivity index (χ3v) is 4.02. The number of nitriles is 1. The first-order valence-corrected chi connectivity index (χ1v) is 8.07. The highest BCUT2D eigenvalue weighted by atomic mass is 32.1. The summed E-state index contributed by atoms with van der Waals surface area (Å²) in [6, 6.07) is 11.0. The number of carbonyl (C=O) groups excluding carboxylic acids is 2. The van der Waals surface area contributed by atoms with Gasteiger partial charge < -0.3 is 14.8 Å². The molecule has 1 N–H and O–H groups in total. The molecule has 0 saturated carbocycles. The van der Waals surface area contributed by atoms with Gasteiger partial charge in [-0.25, -0.2) is 0 Å². The second-order valence-electron chi connectivity index (χ2n) is 4.80. The molecule has 1 heterocycles. The van der Waals surface area contributed by atoms with Gasteiger partial charge in [-0.1, -0.05) is 18.2 Å². The Balaban J connectivity index is 1.77. The second kappa shape index (κ2) is 8.70. The van der Waals surface area contributed by atoms with Crippen LogP contribution in [0.3, 0.4) is 0 Å². The largest absolute Gasteiger partial charge is 0.496 e. The molecule has 0 aliphatic heterocycles. The van der Waals surface area contributed by atoms with Crippen LogP contribution in [0.4, 0.5) is 5.00 Å². The third kappa shape index (κ3) is 4.83. The summed E-state index contributed by atoms with van der Waals surface area (Å²) < 4.78 is 10.2. The van der Waals surface area contributed by atoms with E-state index in [1.807, 2.05) is 30.3 Å². The number of nitrogens with zero attached hydrogens (tertiary/aromatic N) is 1. The standard InChI is InChI=1S/C17H16N2O4S/c1-22-14-5-3-2-4-12(14)6-7-16(21)23-11-15(20)19-17-13(10-18)8-9-24-17/h2-5,8-9H,6-7,11H2,1H3,(H,19,20). The van der Waals surface area contributed by atoms with Crippen LogP contribution in [0, 0.1) is 11.3 Å². The fraction of sp³-hybridized carbons (Fsp3) is 0.235. The lowest BCUT2D eigenvalue weighted by Crippen LogP contribution is -2.21. The van der Waals surface area contributed by atoms with E-state index in [0.717, 1.165) is 5.56 Å². The Bertz CT molecular complexity index is 764. The van der Waals surface area contributed by atoms with Gasteiger partial charge in [0.25, 0.3) is 5.91 Å². The van der Waals surface area contributed by atoms with Crippen LogP contribution < -0.4 is 10.1 Å². The van der Waals surface area contributed by atoms with Crippen LogP contribution in [0.25, 0.3) is 0 Å². The molecule has 24 heavy (non-hydrogen) atoms. The van der Waals surface area contributed by atoms with Gasteiger partial charge in [-0.15, -0.1) is 11.3 Å². The second-order valence-corrected chi connectivity index (χ2v) is 5.71. The molecule has 0 fully saturated rings. The Morgan fingerprint density at radius 2 is 2.08 bits per heavy atom. The third-order valence-electron chi connectivity index (χ3n) is 3.19. The Labute approximate surface area is 143 Å². The van der Waals surface area contributed by atoms with E-state index in [-0.39, 0.29) is 13.0 Å². The summed E-state index contributed by atoms with van der Waals surface area (Å²) in [5.74, 6) is -0.230. The summed E-state index contributed by atoms with van der Waals surface area (Å²) in [7, 11) is 1.57. The minimum Gasteiger partial charge on any atom is -0.496 e. The zero-order valence-electron chi connectivity index (χ0n) is 13.1. The number of amides is 1. The van der Waals surface area contributed by atoms with Gasteiger partial charge in [0.05, 0.1) is 12.7 Å². The highest BCUT2D eigenvalue weighted by molar-refractivity contribution is 7.14. The zero-order chi connectivity index (χ0) is 17.4. The van der Waals surface area contributed by atoms with Gasteiger partial charge in [0, 0.05) is 6.42 Å². The molecule has 0 saturated heterocycles. The molecule has 0 radical (unpaired) electrons. The summed E-state index contributed by atoms with van der Waals surface area (Å²) in [5, 5.41) is 13.6. The molecule has 0 bridgehead atoms. The number of ether oxygens (including phenoxy) is 2. The lowest BCUT2D eigenvalue weighted by atomic mass is 10.1. The predicted molar refractivity (Wildman–Crippen MR) is 89.9 cm³/mol. The smallest absolute Gasteiger partial charge is 0.306 e. The summed E-state index contributed by atoms with van der Waals surface area (Å²) in [5.41, 5.74) is 1.29. The van der Waals surface area contributed by atoms with Crippen LogP contribution in [0.5, 0.6) is 5.75 Å². The van der Waals surface area contributed by atoms with Crippen LogP contribution in [-0.4, -0.2) is 25.6 Å². The van der Waals surface area contributed by atoms with Crippen molar-refractivity contribution in [2.24, 2.45) is 0 Å². The first-order valence-electron chi connectivity index (χ1n) is 7.19. The van der Waals surface area contributed by atoms with E-state index in [1.165, 1.54) is 11.3 Å². The van der Waals surface area contributed by atoms with E-state index in [2.05, 4.69) is 5.32 Å². The molecular weight excluding hydrogens is 328 g/mol. The molecule has 1 amide bonds. The van der Waals surface area contributed by atoms with Crippen LogP contribution in [0.2, 0.25) is 0 Å². The number of esters is 1. The summed E-state index contributed by atoms with van der Waals surface area (Å²) >= 11 is 1.24. The molecule has 0 aliphatic carbocycles. The van der Waals surface area contributed by atoms with Crippen molar-refractivity contribution in [1.82, 2.24) is 0 Å². The molecule has 0 spiro atoms. The normalized spacial score (nSPS) is 9.83. The molecule has 1 aromatic carbocycles. The Morgan fingerprint density at radius 3 is 2.83 bits per heavy atom. The highest BCUT2D eigenvalue weighted by Crippen LogP contribution is 2.22. The monoisotopic (exact) mass is 344 g/mol. The summed E-state index contributed by atoms with van der Waals surface area (Å²) in [6.45, 7) is -0.381. The number of thiophene rings is 1. The molecule has 2 aromatic rings. The van der Waals surface area contributed by atoms with Gasteiger partial charge in [-0.3, -0.25) is 9.59 Å². The van der Waals surface area contributed by atoms with E-state index < -0.39 is 11.9 Å². The molecule has 2 rings (SSSR count). The molecule has 1 aromatic heterocycles. The van der Waals surface area contributed by atoms with Gasteiger partial charge in [-0.05, 0) is 29.5 Å². The number of methoxy groups -OCH3 is 1. The lowest BCUT2D eigenvalue weighted by Gasteiger charge is -2.08. The van der Waals surface area contributed by atoms with E-state index in [9.17, 15) is 9.59 Å². The first kappa shape index (κ1) is 17.5. The van der Waals surface area contributed by atoms with Gasteiger partial charge in [0.2, 0.25) is 0 Å². The number of anilines is 1. The van der Waals surface area contributed by atoms with E-state index in [0.29, 0.717) is 22.7 Å². The average molecular weight is 344 g/mol. The molecule has 0 aliphatic rings. The van der Waals surface area contributed by atoms with Gasteiger partial charge in [0.15, 0.2) is 6.61 Å². The Morgan fingerprint density at radius 1 is 1.29 bits per heavy atom. The molecule has 6 nitrogen and oxygen atoms in total. The highest BCUT2D eigenvalue weighted by Gasteiger charge is 2.12. The fourth-order valence-electron chi connectivity index (χ4n) is 2.02. The topological polar surface area (TPSA) is 88.4 Å². The van der Waals surface area contributed by atoms with Crippen molar-refractivity contribution < 1.29 is 19.1 Å². The van der Waals surface area contributed by atoms with E-state index >= 15 is 0 Å². The number of benzene rings is 1. The summed E-state index contributed by atoms with van der Waals surface area (Å²) in [6.07, 6.45) is 0.615. The maximum Gasteiger partial charge on any atom is 0.306 e. The van der Waals surface area contributed by atoms with E-state index in [4.69, 9.17) is 14.7 Å². The molecular formula is C17H16N2O4S. The van der Waals surface area contributed by atoms with Crippen LogP contribution >= 0.6 is 11.3 Å². The number of rotatable bonds is 7. The molecule has 7 heteroatoms. The van der Waals surface area contributed by atoms with Crippen LogP contribution in [0.15, 0.2) is 35.7 Å². The maximum atomic E-state index is 11.8. The molecule has 0 unspecified atom stereocenters. The van der Waals surface area contributed by atoms with Gasteiger partial charge >= 0.3 is 5.97 Å². The fourth-order valence-corrected chi connectivity index (χ4v) is 2.77. The van der Waals surface area contributed by atoms with E-state index in [1.54, 1.807) is 18.6 Å². The quantitative estimate of drug-likeness (QED) is 0.780. The SMILES string of the molecule is COc1ccccc1CCC(=O)OCC(=O)Nc1sccc1C#N. The Kier molecular flexibility index (Phi) is 6.34. The van der Waals surface area contributed by atoms with Crippen molar-refractivity contribution in [2.75, 3.05) is 19.0 Å². The Hall–Kier alpha value is -2.85. The number of para-hydroxylation sites is 1. The molecule has 124 valence electrons. The number of nitrogens with one attached hydrogen (secondary N) is 1. The van der Waals surface area contributed by atoms with Gasteiger partial charge in [0.1, 0.15) is 16.8 Å². The first-order chi connectivity index (χ1) is 11.6. The number of hydrogen-bond acceptors (Lipinski definition) is 6. The number of aryl methyl sites for hydroxylation is 1. The van der Waals surface area contributed by atoms with Crippen molar-refractivity contribution in [2.45, 2.75) is 12.8 Å². The lowest BCUT2D eigenvalue weighted by molar-refractivity contribution is -0.147. The van der Waals surface area contributed by atoms with Crippen molar-refractivity contribution >= 4 is 28.2 Å². The predicted octanol–water partition coefficient (Wildman–Crippen LogP) is 2.74. The minimum absolute atomic E-state index is 0.149. The maximum absolute atomic E-state index is 11.8. The zero-order valence-corrected chi connectivity index (χ0v) is 13.9. The van der Waals surface area contributed by atoms with Crippen LogP contribution in [0.1, 0.15) is 17.5 Å². The minimum atomic E-state index is -0.473. The summed E-state index contributed by atoms with van der Waals surface area (Å²) in [4.78, 5) is 23.5. The van der Waals surface area contributed by atoms with Crippen molar-refractivity contribution in [3.05, 3.63) is 46.8 Å². The van der Waals surface area contributed by atoms with Crippen molar-refractivity contribution in [1.29, 1.82) is 5.26 Å². The number of hydrogen-bond donors (Lipinski definition) is 1. The molecule has 0 atom stereocenters.